The third-order valence-electron chi connectivity index (χ3n) is 5.57. The molecule has 1 saturated heterocycles. The van der Waals surface area contributed by atoms with Gasteiger partial charge in [0.2, 0.25) is 5.91 Å². The number of nitrogens with zero attached hydrogens (tertiary/aromatic N) is 3. The third-order valence-corrected chi connectivity index (χ3v) is 5.57. The van der Waals surface area contributed by atoms with Gasteiger partial charge in [-0.15, -0.1) is 0 Å². The predicted molar refractivity (Wildman–Crippen MR) is 105 cm³/mol. The molecule has 6 heteroatoms. The average Bonchev–Trinajstić information content (AvgIpc) is 3.03. The largest absolute Gasteiger partial charge is 0.393 e. The van der Waals surface area contributed by atoms with E-state index in [-0.39, 0.29) is 18.6 Å². The van der Waals surface area contributed by atoms with Gasteiger partial charge in [-0.25, -0.2) is 4.98 Å². The van der Waals surface area contributed by atoms with E-state index in [9.17, 15) is 15.0 Å². The van der Waals surface area contributed by atoms with Crippen LogP contribution in [0.1, 0.15) is 45.4 Å². The van der Waals surface area contributed by atoms with E-state index in [0.29, 0.717) is 30.6 Å². The average molecular weight is 373 g/mol. The van der Waals surface area contributed by atoms with E-state index in [1.54, 1.807) is 0 Å². The molecule has 1 fully saturated rings. The summed E-state index contributed by atoms with van der Waals surface area (Å²) in [6, 6.07) is 7.74. The van der Waals surface area contributed by atoms with Gasteiger partial charge in [0.05, 0.1) is 17.1 Å². The van der Waals surface area contributed by atoms with Crippen LogP contribution < -0.4 is 0 Å². The Kier molecular flexibility index (Phi) is 6.50. The maximum atomic E-state index is 12.7. The van der Waals surface area contributed by atoms with Gasteiger partial charge < -0.3 is 19.7 Å². The van der Waals surface area contributed by atoms with Crippen LogP contribution >= 0.6 is 0 Å². The fourth-order valence-corrected chi connectivity index (χ4v) is 4.07. The van der Waals surface area contributed by atoms with Crippen molar-refractivity contribution in [3.05, 3.63) is 30.1 Å². The molecule has 0 bridgehead atoms. The zero-order chi connectivity index (χ0) is 19.4. The quantitative estimate of drug-likeness (QED) is 0.782. The molecule has 1 aliphatic rings. The Labute approximate surface area is 160 Å². The molecule has 0 radical (unpaired) electrons. The van der Waals surface area contributed by atoms with Gasteiger partial charge in [-0.05, 0) is 43.2 Å². The van der Waals surface area contributed by atoms with E-state index >= 15 is 0 Å². The number of piperidine rings is 1. The summed E-state index contributed by atoms with van der Waals surface area (Å²) in [5.74, 6) is 1.52. The summed E-state index contributed by atoms with van der Waals surface area (Å²) in [4.78, 5) is 19.0. The van der Waals surface area contributed by atoms with Crippen LogP contribution in [0.3, 0.4) is 0 Å². The molecule has 2 heterocycles. The van der Waals surface area contributed by atoms with Crippen molar-refractivity contribution >= 4 is 16.9 Å². The number of rotatable bonds is 7. The van der Waals surface area contributed by atoms with Gasteiger partial charge in [-0.3, -0.25) is 4.79 Å². The normalized spacial score (nSPS) is 17.0. The number of carbonyl (C=O) groups is 1. The molecule has 1 aromatic carbocycles. The molecular formula is C21H31N3O3. The second-order valence-electron chi connectivity index (χ2n) is 7.99. The van der Waals surface area contributed by atoms with E-state index < -0.39 is 0 Å². The lowest BCUT2D eigenvalue weighted by Gasteiger charge is -2.35. The Morgan fingerprint density at radius 3 is 2.63 bits per heavy atom. The number of imidazole rings is 1. The van der Waals surface area contributed by atoms with Crippen LogP contribution in [0.15, 0.2) is 24.3 Å². The van der Waals surface area contributed by atoms with Crippen LogP contribution in [-0.2, 0) is 17.9 Å². The summed E-state index contributed by atoms with van der Waals surface area (Å²) in [5.41, 5.74) is 1.79. The van der Waals surface area contributed by atoms with Gasteiger partial charge in [0.1, 0.15) is 12.4 Å². The maximum absolute atomic E-state index is 12.7. The van der Waals surface area contributed by atoms with E-state index in [2.05, 4.69) is 18.8 Å². The van der Waals surface area contributed by atoms with Gasteiger partial charge >= 0.3 is 0 Å². The Morgan fingerprint density at radius 1 is 1.26 bits per heavy atom. The molecule has 1 atom stereocenters. The number of aromatic nitrogens is 2. The molecule has 1 aromatic heterocycles. The lowest BCUT2D eigenvalue weighted by molar-refractivity contribution is -0.133. The SMILES string of the molecule is CC(C)CC(O)C1CCN(C(=O)CCn2c(CO)nc3ccccc32)CC1. The highest BCUT2D eigenvalue weighted by molar-refractivity contribution is 5.78. The van der Waals surface area contributed by atoms with Crippen molar-refractivity contribution in [3.8, 4) is 0 Å². The van der Waals surface area contributed by atoms with E-state index in [1.165, 1.54) is 0 Å². The van der Waals surface area contributed by atoms with Gasteiger partial charge in [0, 0.05) is 26.1 Å². The highest BCUT2D eigenvalue weighted by Crippen LogP contribution is 2.25. The Hall–Kier alpha value is -1.92. The molecule has 0 aliphatic carbocycles. The summed E-state index contributed by atoms with van der Waals surface area (Å²) in [7, 11) is 0. The van der Waals surface area contributed by atoms with E-state index in [1.807, 2.05) is 33.7 Å². The molecule has 1 aliphatic heterocycles. The molecule has 1 unspecified atom stereocenters. The summed E-state index contributed by atoms with van der Waals surface area (Å²) in [6.07, 6.45) is 2.71. The highest BCUT2D eigenvalue weighted by atomic mass is 16.3. The zero-order valence-corrected chi connectivity index (χ0v) is 16.3. The minimum absolute atomic E-state index is 0.133. The zero-order valence-electron chi connectivity index (χ0n) is 16.3. The smallest absolute Gasteiger partial charge is 0.224 e. The van der Waals surface area contributed by atoms with Gasteiger partial charge in [0.15, 0.2) is 0 Å². The number of para-hydroxylation sites is 2. The van der Waals surface area contributed by atoms with Crippen LogP contribution in [0.5, 0.6) is 0 Å². The van der Waals surface area contributed by atoms with Crippen LogP contribution in [-0.4, -0.2) is 49.8 Å². The number of fused-ring (bicyclic) bond motifs is 1. The second-order valence-corrected chi connectivity index (χ2v) is 7.99. The Bertz CT molecular complexity index is 763. The summed E-state index contributed by atoms with van der Waals surface area (Å²) < 4.78 is 1.94. The van der Waals surface area contributed by atoms with Gasteiger partial charge in [-0.1, -0.05) is 26.0 Å². The number of aryl methyl sites for hydroxylation is 1. The van der Waals surface area contributed by atoms with Crippen molar-refractivity contribution in [1.82, 2.24) is 14.5 Å². The van der Waals surface area contributed by atoms with Crippen molar-refractivity contribution in [1.29, 1.82) is 0 Å². The summed E-state index contributed by atoms with van der Waals surface area (Å²) in [6.45, 7) is 6.07. The standard InChI is InChI=1S/C21H31N3O3/c1-15(2)13-19(26)16-7-10-23(11-8-16)21(27)9-12-24-18-6-4-3-5-17(18)22-20(24)14-25/h3-6,15-16,19,25-26H,7-14H2,1-2H3. The minimum Gasteiger partial charge on any atom is -0.393 e. The number of benzene rings is 1. The summed E-state index contributed by atoms with van der Waals surface area (Å²) >= 11 is 0. The molecule has 6 nitrogen and oxygen atoms in total. The van der Waals surface area contributed by atoms with Gasteiger partial charge in [0.25, 0.3) is 0 Å². The monoisotopic (exact) mass is 373 g/mol. The third kappa shape index (κ3) is 4.68. The molecule has 0 spiro atoms. The first-order chi connectivity index (χ1) is 13.0. The van der Waals surface area contributed by atoms with Crippen LogP contribution in [0.25, 0.3) is 11.0 Å². The van der Waals surface area contributed by atoms with Crippen molar-refractivity contribution in [2.24, 2.45) is 11.8 Å². The van der Waals surface area contributed by atoms with E-state index in [4.69, 9.17) is 0 Å². The van der Waals surface area contributed by atoms with Crippen molar-refractivity contribution < 1.29 is 15.0 Å². The minimum atomic E-state index is -0.258. The highest BCUT2D eigenvalue weighted by Gasteiger charge is 2.27. The van der Waals surface area contributed by atoms with Gasteiger partial charge in [-0.2, -0.15) is 0 Å². The molecule has 3 rings (SSSR count). The molecule has 2 N–H and O–H groups in total. The van der Waals surface area contributed by atoms with Crippen LogP contribution in [0.4, 0.5) is 0 Å². The van der Waals surface area contributed by atoms with Crippen molar-refractivity contribution in [2.45, 2.75) is 58.8 Å². The number of aliphatic hydroxyl groups is 2. The van der Waals surface area contributed by atoms with E-state index in [0.717, 1.165) is 43.4 Å². The number of carbonyl (C=O) groups excluding carboxylic acids is 1. The Morgan fingerprint density at radius 2 is 1.96 bits per heavy atom. The molecule has 27 heavy (non-hydrogen) atoms. The lowest BCUT2D eigenvalue weighted by Crippen LogP contribution is -2.41. The Balaban J connectivity index is 1.55. The summed E-state index contributed by atoms with van der Waals surface area (Å²) in [5, 5.41) is 19.9. The number of aliphatic hydroxyl groups excluding tert-OH is 2. The molecular weight excluding hydrogens is 342 g/mol. The van der Waals surface area contributed by atoms with Crippen LogP contribution in [0.2, 0.25) is 0 Å². The first-order valence-corrected chi connectivity index (χ1v) is 10.0. The first-order valence-electron chi connectivity index (χ1n) is 10.0. The molecule has 148 valence electrons. The topological polar surface area (TPSA) is 78.6 Å². The fourth-order valence-electron chi connectivity index (χ4n) is 4.07. The van der Waals surface area contributed by atoms with Crippen LogP contribution in [0, 0.1) is 11.8 Å². The fraction of sp³-hybridized carbons (Fsp3) is 0.619. The number of amides is 1. The second kappa shape index (κ2) is 8.85. The maximum Gasteiger partial charge on any atom is 0.224 e. The number of likely N-dealkylation sites (tertiary alicyclic amines) is 1. The number of hydrogen-bond acceptors (Lipinski definition) is 4. The molecule has 2 aromatic rings. The lowest BCUT2D eigenvalue weighted by atomic mass is 9.87. The first kappa shape index (κ1) is 19.8. The van der Waals surface area contributed by atoms with Crippen molar-refractivity contribution in [3.63, 3.8) is 0 Å². The molecule has 1 amide bonds. The van der Waals surface area contributed by atoms with Crippen molar-refractivity contribution in [2.75, 3.05) is 13.1 Å². The number of hydrogen-bond donors (Lipinski definition) is 2. The predicted octanol–water partition coefficient (Wildman–Crippen LogP) is 2.56. The molecule has 0 saturated carbocycles.